The van der Waals surface area contributed by atoms with Gasteiger partial charge in [0.2, 0.25) is 5.91 Å². The number of benzene rings is 2. The molecule has 0 bridgehead atoms. The molecule has 1 amide bonds. The minimum absolute atomic E-state index is 0.0237. The molecule has 0 fully saturated rings. The van der Waals surface area contributed by atoms with Gasteiger partial charge in [-0.3, -0.25) is 4.79 Å². The molecule has 1 atom stereocenters. The van der Waals surface area contributed by atoms with Gasteiger partial charge in [-0.1, -0.05) is 54.6 Å². The molecule has 3 heteroatoms. The van der Waals surface area contributed by atoms with Crippen molar-refractivity contribution < 1.29 is 4.79 Å². The van der Waals surface area contributed by atoms with Crippen molar-refractivity contribution in [1.82, 2.24) is 5.32 Å². The first kappa shape index (κ1) is 14.3. The summed E-state index contributed by atoms with van der Waals surface area (Å²) in [4.78, 5) is 11.0. The summed E-state index contributed by atoms with van der Waals surface area (Å²) in [5, 5.41) is 2.82. The van der Waals surface area contributed by atoms with Gasteiger partial charge in [-0.2, -0.15) is 0 Å². The third-order valence-electron chi connectivity index (χ3n) is 3.37. The summed E-state index contributed by atoms with van der Waals surface area (Å²) >= 11 is 0. The standard InChI is InChI=1S/C17H20N2O/c1-13(20)19-12-17(11-18)16-9-7-15(8-10-16)14-5-3-2-4-6-14/h2-10,17H,11-12,18H2,1H3,(H,19,20). The van der Waals surface area contributed by atoms with Crippen LogP contribution in [0.5, 0.6) is 0 Å². The summed E-state index contributed by atoms with van der Waals surface area (Å²) in [5.41, 5.74) is 9.33. The number of hydrogen-bond donors (Lipinski definition) is 2. The van der Waals surface area contributed by atoms with Crippen molar-refractivity contribution >= 4 is 5.91 Å². The van der Waals surface area contributed by atoms with Crippen LogP contribution in [0, 0.1) is 0 Å². The predicted molar refractivity (Wildman–Crippen MR) is 82.4 cm³/mol. The Morgan fingerprint density at radius 1 is 1.05 bits per heavy atom. The topological polar surface area (TPSA) is 55.1 Å². The van der Waals surface area contributed by atoms with Crippen LogP contribution in [0.2, 0.25) is 0 Å². The Bertz CT molecular complexity index is 549. The Labute approximate surface area is 119 Å². The number of rotatable bonds is 5. The second-order valence-electron chi connectivity index (χ2n) is 4.86. The van der Waals surface area contributed by atoms with E-state index in [9.17, 15) is 4.79 Å². The van der Waals surface area contributed by atoms with Crippen molar-refractivity contribution in [2.75, 3.05) is 13.1 Å². The molecule has 2 rings (SSSR count). The average molecular weight is 268 g/mol. The molecule has 3 nitrogen and oxygen atoms in total. The average Bonchev–Trinajstić information content (AvgIpc) is 2.49. The van der Waals surface area contributed by atoms with E-state index in [0.717, 1.165) is 5.56 Å². The number of nitrogens with one attached hydrogen (secondary N) is 1. The van der Waals surface area contributed by atoms with Crippen molar-refractivity contribution in [3.8, 4) is 11.1 Å². The summed E-state index contributed by atoms with van der Waals surface area (Å²) in [7, 11) is 0. The number of hydrogen-bond acceptors (Lipinski definition) is 2. The monoisotopic (exact) mass is 268 g/mol. The molecule has 0 saturated heterocycles. The van der Waals surface area contributed by atoms with Crippen molar-refractivity contribution in [2.24, 2.45) is 5.73 Å². The van der Waals surface area contributed by atoms with Crippen LogP contribution in [-0.2, 0) is 4.79 Å². The summed E-state index contributed by atoms with van der Waals surface area (Å²) in [6.07, 6.45) is 0. The van der Waals surface area contributed by atoms with E-state index in [1.54, 1.807) is 0 Å². The van der Waals surface area contributed by atoms with E-state index in [1.807, 2.05) is 18.2 Å². The first-order valence-corrected chi connectivity index (χ1v) is 6.80. The maximum Gasteiger partial charge on any atom is 0.216 e. The van der Waals surface area contributed by atoms with Crippen LogP contribution in [0.15, 0.2) is 54.6 Å². The van der Waals surface area contributed by atoms with Crippen molar-refractivity contribution in [3.63, 3.8) is 0 Å². The van der Waals surface area contributed by atoms with Gasteiger partial charge in [-0.05, 0) is 16.7 Å². The van der Waals surface area contributed by atoms with E-state index >= 15 is 0 Å². The molecule has 0 aromatic heterocycles. The third-order valence-corrected chi connectivity index (χ3v) is 3.37. The number of amides is 1. The summed E-state index contributed by atoms with van der Waals surface area (Å²) < 4.78 is 0. The first-order chi connectivity index (χ1) is 9.70. The van der Waals surface area contributed by atoms with Crippen molar-refractivity contribution in [2.45, 2.75) is 12.8 Å². The maximum absolute atomic E-state index is 11.0. The fraction of sp³-hybridized carbons (Fsp3) is 0.235. The molecule has 0 radical (unpaired) electrons. The molecule has 104 valence electrons. The second-order valence-corrected chi connectivity index (χ2v) is 4.86. The highest BCUT2D eigenvalue weighted by Crippen LogP contribution is 2.22. The molecule has 3 N–H and O–H groups in total. The van der Waals surface area contributed by atoms with Gasteiger partial charge in [0.25, 0.3) is 0 Å². The van der Waals surface area contributed by atoms with Crippen molar-refractivity contribution in [3.05, 3.63) is 60.2 Å². The van der Waals surface area contributed by atoms with Gasteiger partial charge >= 0.3 is 0 Å². The Morgan fingerprint density at radius 3 is 2.20 bits per heavy atom. The molecule has 0 saturated carbocycles. The molecule has 20 heavy (non-hydrogen) atoms. The molecule has 2 aromatic rings. The van der Waals surface area contributed by atoms with Gasteiger partial charge in [0.05, 0.1) is 0 Å². The zero-order valence-corrected chi connectivity index (χ0v) is 11.7. The lowest BCUT2D eigenvalue weighted by Crippen LogP contribution is -2.29. The van der Waals surface area contributed by atoms with Gasteiger partial charge in [-0.15, -0.1) is 0 Å². The van der Waals surface area contributed by atoms with Crippen LogP contribution in [0.3, 0.4) is 0 Å². The zero-order chi connectivity index (χ0) is 14.4. The fourth-order valence-electron chi connectivity index (χ4n) is 2.18. The van der Waals surface area contributed by atoms with Gasteiger partial charge < -0.3 is 11.1 Å². The van der Waals surface area contributed by atoms with E-state index in [0.29, 0.717) is 13.1 Å². The minimum Gasteiger partial charge on any atom is -0.356 e. The third kappa shape index (κ3) is 3.68. The molecule has 0 aliphatic rings. The summed E-state index contributed by atoms with van der Waals surface area (Å²) in [5.74, 6) is 0.132. The van der Waals surface area contributed by atoms with Crippen LogP contribution < -0.4 is 11.1 Å². The van der Waals surface area contributed by atoms with Gasteiger partial charge in [0.15, 0.2) is 0 Å². The molecular weight excluding hydrogens is 248 g/mol. The Hall–Kier alpha value is -2.13. The lowest BCUT2D eigenvalue weighted by Gasteiger charge is -2.16. The van der Waals surface area contributed by atoms with Gasteiger partial charge in [0.1, 0.15) is 0 Å². The zero-order valence-electron chi connectivity index (χ0n) is 11.7. The van der Waals surface area contributed by atoms with Gasteiger partial charge in [0, 0.05) is 25.9 Å². The highest BCUT2D eigenvalue weighted by molar-refractivity contribution is 5.72. The lowest BCUT2D eigenvalue weighted by molar-refractivity contribution is -0.119. The molecule has 0 spiro atoms. The van der Waals surface area contributed by atoms with Crippen LogP contribution >= 0.6 is 0 Å². The number of carbonyl (C=O) groups excluding carboxylic acids is 1. The fourth-order valence-corrected chi connectivity index (χ4v) is 2.18. The van der Waals surface area contributed by atoms with Crippen LogP contribution in [0.1, 0.15) is 18.4 Å². The van der Waals surface area contributed by atoms with Crippen molar-refractivity contribution in [1.29, 1.82) is 0 Å². The first-order valence-electron chi connectivity index (χ1n) is 6.80. The van der Waals surface area contributed by atoms with E-state index < -0.39 is 0 Å². The maximum atomic E-state index is 11.0. The number of nitrogens with two attached hydrogens (primary N) is 1. The Kier molecular flexibility index (Phi) is 4.91. The largest absolute Gasteiger partial charge is 0.356 e. The highest BCUT2D eigenvalue weighted by atomic mass is 16.1. The number of carbonyl (C=O) groups is 1. The molecule has 0 heterocycles. The molecule has 0 aliphatic heterocycles. The van der Waals surface area contributed by atoms with Crippen LogP contribution in [0.25, 0.3) is 11.1 Å². The quantitative estimate of drug-likeness (QED) is 0.875. The predicted octanol–water partition coefficient (Wildman–Crippen LogP) is 2.53. The minimum atomic E-state index is -0.0237. The molecular formula is C17H20N2O. The lowest BCUT2D eigenvalue weighted by atomic mass is 9.96. The molecule has 2 aromatic carbocycles. The Morgan fingerprint density at radius 2 is 1.65 bits per heavy atom. The van der Waals surface area contributed by atoms with E-state index in [4.69, 9.17) is 5.73 Å². The molecule has 1 unspecified atom stereocenters. The SMILES string of the molecule is CC(=O)NCC(CN)c1ccc(-c2ccccc2)cc1. The van der Waals surface area contributed by atoms with Crippen LogP contribution in [-0.4, -0.2) is 19.0 Å². The molecule has 0 aliphatic carbocycles. The summed E-state index contributed by atoms with van der Waals surface area (Å²) in [6, 6.07) is 18.6. The van der Waals surface area contributed by atoms with Gasteiger partial charge in [-0.25, -0.2) is 0 Å². The van der Waals surface area contributed by atoms with E-state index in [1.165, 1.54) is 18.1 Å². The highest BCUT2D eigenvalue weighted by Gasteiger charge is 2.10. The normalized spacial score (nSPS) is 11.9. The summed E-state index contributed by atoms with van der Waals surface area (Å²) in [6.45, 7) is 2.62. The Balaban J connectivity index is 2.12. The van der Waals surface area contributed by atoms with Crippen LogP contribution in [0.4, 0.5) is 0 Å². The van der Waals surface area contributed by atoms with E-state index in [-0.39, 0.29) is 11.8 Å². The van der Waals surface area contributed by atoms with E-state index in [2.05, 4.69) is 41.7 Å². The smallest absolute Gasteiger partial charge is 0.216 e. The second kappa shape index (κ2) is 6.87.